The Kier molecular flexibility index (Phi) is 8.84. The van der Waals surface area contributed by atoms with Gasteiger partial charge in [-0.05, 0) is 0 Å². The van der Waals surface area contributed by atoms with Crippen LogP contribution in [0.1, 0.15) is 0 Å². The summed E-state index contributed by atoms with van der Waals surface area (Å²) in [5.74, 6) is 0. The standard InChI is InChI=1S/C6H6.2H4N2O2S/c1-2-4-6-5-3-1;2*1-5(2,3)4/h1-6H;2*(H4,1,2,3,4). The number of rotatable bonds is 0. The molecule has 0 aliphatic rings. The quantitative estimate of drug-likeness (QED) is 0.426. The molecule has 8 N–H and O–H groups in total. The van der Waals surface area contributed by atoms with Gasteiger partial charge in [-0.1, -0.05) is 36.4 Å². The first-order chi connectivity index (χ1) is 7.00. The molecule has 0 spiro atoms. The molecule has 0 saturated carbocycles. The molecule has 94 valence electrons. The Bertz CT molecular complexity index is 384. The van der Waals surface area contributed by atoms with E-state index >= 15 is 0 Å². The van der Waals surface area contributed by atoms with Crippen molar-refractivity contribution in [3.8, 4) is 0 Å². The van der Waals surface area contributed by atoms with Crippen LogP contribution in [0.2, 0.25) is 0 Å². The normalized spacial score (nSPS) is 10.2. The first-order valence-corrected chi connectivity index (χ1v) is 6.83. The van der Waals surface area contributed by atoms with E-state index in [1.807, 2.05) is 36.4 Å². The largest absolute Gasteiger partial charge is 0.271 e. The van der Waals surface area contributed by atoms with Crippen LogP contribution in [0, 0.1) is 0 Å². The molecule has 0 fully saturated rings. The van der Waals surface area contributed by atoms with Crippen molar-refractivity contribution in [2.75, 3.05) is 0 Å². The molecule has 10 heteroatoms. The molecule has 1 aromatic carbocycles. The summed E-state index contributed by atoms with van der Waals surface area (Å²) in [5, 5.41) is 16.4. The van der Waals surface area contributed by atoms with Crippen molar-refractivity contribution in [1.82, 2.24) is 0 Å². The molecule has 0 saturated heterocycles. The van der Waals surface area contributed by atoms with Crippen molar-refractivity contribution < 1.29 is 16.8 Å². The smallest absolute Gasteiger partial charge is 0.216 e. The summed E-state index contributed by atoms with van der Waals surface area (Å²) in [6.45, 7) is 0. The van der Waals surface area contributed by atoms with E-state index in [0.717, 1.165) is 0 Å². The van der Waals surface area contributed by atoms with Gasteiger partial charge in [0.25, 0.3) is 20.4 Å². The van der Waals surface area contributed by atoms with Gasteiger partial charge >= 0.3 is 0 Å². The fraction of sp³-hybridized carbons (Fsp3) is 0. The zero-order valence-electron chi connectivity index (χ0n) is 8.22. The predicted octanol–water partition coefficient (Wildman–Crippen LogP) is -2.02. The van der Waals surface area contributed by atoms with Gasteiger partial charge in [0.15, 0.2) is 0 Å². The second-order valence-corrected chi connectivity index (χ2v) is 4.69. The first kappa shape index (κ1) is 17.4. The maximum absolute atomic E-state index is 9.19. The van der Waals surface area contributed by atoms with Crippen molar-refractivity contribution in [2.24, 2.45) is 20.6 Å². The maximum atomic E-state index is 9.19. The predicted molar refractivity (Wildman–Crippen MR) is 61.0 cm³/mol. The first-order valence-electron chi connectivity index (χ1n) is 3.61. The summed E-state index contributed by atoms with van der Waals surface area (Å²) in [6, 6.07) is 12.0. The second-order valence-electron chi connectivity index (χ2n) is 2.33. The number of benzene rings is 1. The van der Waals surface area contributed by atoms with E-state index in [2.05, 4.69) is 20.6 Å². The topological polar surface area (TPSA) is 172 Å². The van der Waals surface area contributed by atoms with E-state index in [9.17, 15) is 16.8 Å². The van der Waals surface area contributed by atoms with E-state index in [0.29, 0.717) is 0 Å². The Morgan fingerprint density at radius 3 is 0.625 bits per heavy atom. The van der Waals surface area contributed by atoms with Crippen LogP contribution in [0.5, 0.6) is 0 Å². The molecule has 0 amide bonds. The lowest BCUT2D eigenvalue weighted by Crippen LogP contribution is -2.21. The van der Waals surface area contributed by atoms with Gasteiger partial charge in [-0.25, -0.2) is 20.6 Å². The monoisotopic (exact) mass is 270 g/mol. The maximum Gasteiger partial charge on any atom is 0.271 e. The molecule has 0 atom stereocenters. The highest BCUT2D eigenvalue weighted by atomic mass is 32.2. The van der Waals surface area contributed by atoms with Crippen LogP contribution < -0.4 is 20.6 Å². The summed E-state index contributed by atoms with van der Waals surface area (Å²) in [5.41, 5.74) is 0. The zero-order valence-corrected chi connectivity index (χ0v) is 9.86. The Morgan fingerprint density at radius 1 is 0.500 bits per heavy atom. The number of hydrogen-bond acceptors (Lipinski definition) is 4. The van der Waals surface area contributed by atoms with Crippen molar-refractivity contribution in [3.05, 3.63) is 36.4 Å². The van der Waals surface area contributed by atoms with Crippen LogP contribution in [-0.2, 0) is 20.4 Å². The lowest BCUT2D eigenvalue weighted by Gasteiger charge is -1.72. The van der Waals surface area contributed by atoms with Gasteiger partial charge in [-0.2, -0.15) is 16.8 Å². The Balaban J connectivity index is 0. The highest BCUT2D eigenvalue weighted by Crippen LogP contribution is 1.79. The molecule has 0 unspecified atom stereocenters. The Morgan fingerprint density at radius 2 is 0.562 bits per heavy atom. The van der Waals surface area contributed by atoms with E-state index in [-0.39, 0.29) is 0 Å². The van der Waals surface area contributed by atoms with Crippen LogP contribution in [0.4, 0.5) is 0 Å². The highest BCUT2D eigenvalue weighted by Gasteiger charge is 1.79. The van der Waals surface area contributed by atoms with Crippen LogP contribution in [0.15, 0.2) is 36.4 Å². The fourth-order valence-corrected chi connectivity index (χ4v) is 0.385. The van der Waals surface area contributed by atoms with Gasteiger partial charge in [0.05, 0.1) is 0 Å². The van der Waals surface area contributed by atoms with Crippen LogP contribution in [0.25, 0.3) is 0 Å². The zero-order chi connectivity index (χ0) is 13.2. The van der Waals surface area contributed by atoms with E-state index in [1.54, 1.807) is 0 Å². The average Bonchev–Trinajstić information content (AvgIpc) is 2.01. The third kappa shape index (κ3) is 75.4. The molecular formula is C6H14N4O4S2. The molecule has 16 heavy (non-hydrogen) atoms. The molecule has 0 aliphatic heterocycles. The molecular weight excluding hydrogens is 256 g/mol. The third-order valence-corrected chi connectivity index (χ3v) is 0.667. The fourth-order valence-electron chi connectivity index (χ4n) is 0.385. The summed E-state index contributed by atoms with van der Waals surface area (Å²) < 4.78 is 36.8. The Hall–Kier alpha value is -1.04. The molecule has 1 aromatic rings. The van der Waals surface area contributed by atoms with Gasteiger partial charge < -0.3 is 0 Å². The van der Waals surface area contributed by atoms with Crippen LogP contribution in [-0.4, -0.2) is 16.8 Å². The van der Waals surface area contributed by atoms with Gasteiger partial charge in [-0.3, -0.25) is 0 Å². The minimum absolute atomic E-state index is 2.00. The molecule has 0 aromatic heterocycles. The second kappa shape index (κ2) is 8.15. The van der Waals surface area contributed by atoms with Crippen molar-refractivity contribution in [1.29, 1.82) is 0 Å². The van der Waals surface area contributed by atoms with Crippen LogP contribution >= 0.6 is 0 Å². The van der Waals surface area contributed by atoms with Gasteiger partial charge in [0, 0.05) is 0 Å². The third-order valence-electron chi connectivity index (χ3n) is 0.667. The number of nitrogens with two attached hydrogens (primary N) is 4. The number of hydrogen-bond donors (Lipinski definition) is 4. The summed E-state index contributed by atoms with van der Waals surface area (Å²) in [4.78, 5) is 0. The molecule has 0 heterocycles. The van der Waals surface area contributed by atoms with E-state index in [4.69, 9.17) is 0 Å². The van der Waals surface area contributed by atoms with Crippen LogP contribution in [0.3, 0.4) is 0 Å². The van der Waals surface area contributed by atoms with Crippen molar-refractivity contribution in [2.45, 2.75) is 0 Å². The molecule has 0 bridgehead atoms. The molecule has 0 aliphatic carbocycles. The van der Waals surface area contributed by atoms with Crippen molar-refractivity contribution >= 4 is 20.4 Å². The lowest BCUT2D eigenvalue weighted by molar-refractivity contribution is 0.597. The Labute approximate surface area is 94.6 Å². The summed E-state index contributed by atoms with van der Waals surface area (Å²) in [6.07, 6.45) is 0. The average molecular weight is 270 g/mol. The van der Waals surface area contributed by atoms with Gasteiger partial charge in [0.2, 0.25) is 0 Å². The molecule has 8 nitrogen and oxygen atoms in total. The minimum Gasteiger partial charge on any atom is -0.216 e. The van der Waals surface area contributed by atoms with E-state index in [1.165, 1.54) is 0 Å². The summed E-state index contributed by atoms with van der Waals surface area (Å²) in [7, 11) is -7.33. The lowest BCUT2D eigenvalue weighted by atomic mass is 10.4. The van der Waals surface area contributed by atoms with Gasteiger partial charge in [0.1, 0.15) is 0 Å². The minimum atomic E-state index is -3.67. The molecule has 1 rings (SSSR count). The highest BCUT2D eigenvalue weighted by molar-refractivity contribution is 7.87. The molecule has 0 radical (unpaired) electrons. The SMILES string of the molecule is NS(N)(=O)=O.NS(N)(=O)=O.c1ccccc1. The summed E-state index contributed by atoms with van der Waals surface area (Å²) >= 11 is 0. The van der Waals surface area contributed by atoms with E-state index < -0.39 is 20.4 Å². The van der Waals surface area contributed by atoms with Crippen molar-refractivity contribution in [3.63, 3.8) is 0 Å². The van der Waals surface area contributed by atoms with Gasteiger partial charge in [-0.15, -0.1) is 0 Å².